The van der Waals surface area contributed by atoms with E-state index in [0.29, 0.717) is 6.04 Å². The zero-order chi connectivity index (χ0) is 12.8. The third-order valence-corrected chi connectivity index (χ3v) is 4.77. The van der Waals surface area contributed by atoms with Crippen molar-refractivity contribution in [1.82, 2.24) is 5.32 Å². The maximum Gasteiger partial charge on any atom is 0.0178 e. The van der Waals surface area contributed by atoms with Crippen LogP contribution in [0.2, 0.25) is 0 Å². The number of halogens is 1. The maximum atomic E-state index is 3.74. The fourth-order valence-corrected chi connectivity index (χ4v) is 3.40. The molecule has 1 aliphatic carbocycles. The second-order valence-corrected chi connectivity index (χ2v) is 6.74. The first kappa shape index (κ1) is 14.2. The number of thioether (sulfide) groups is 1. The van der Waals surface area contributed by atoms with Crippen LogP contribution in [0.25, 0.3) is 0 Å². The van der Waals surface area contributed by atoms with Gasteiger partial charge in [-0.3, -0.25) is 0 Å². The van der Waals surface area contributed by atoms with Gasteiger partial charge in [0.1, 0.15) is 0 Å². The summed E-state index contributed by atoms with van der Waals surface area (Å²) in [5.41, 5.74) is 3.03. The van der Waals surface area contributed by atoms with Crippen molar-refractivity contribution in [2.75, 3.05) is 18.1 Å². The highest BCUT2D eigenvalue weighted by atomic mass is 79.9. The molecule has 0 aromatic heterocycles. The Kier molecular flexibility index (Phi) is 5.80. The Hall–Kier alpha value is -0.250. The van der Waals surface area contributed by atoms with Gasteiger partial charge in [0.2, 0.25) is 0 Å². The van der Waals surface area contributed by atoms with Crippen LogP contribution in [0.1, 0.15) is 17.5 Å². The van der Waals surface area contributed by atoms with Crippen LogP contribution in [-0.2, 0) is 12.8 Å². The lowest BCUT2D eigenvalue weighted by Crippen LogP contribution is -2.35. The van der Waals surface area contributed by atoms with Crippen LogP contribution in [0.3, 0.4) is 0 Å². The molecule has 0 amide bonds. The van der Waals surface area contributed by atoms with Crippen molar-refractivity contribution in [2.24, 2.45) is 0 Å². The van der Waals surface area contributed by atoms with Crippen LogP contribution in [0, 0.1) is 0 Å². The lowest BCUT2D eigenvalue weighted by atomic mass is 9.88. The third kappa shape index (κ3) is 4.15. The molecule has 1 unspecified atom stereocenters. The topological polar surface area (TPSA) is 12.0 Å². The van der Waals surface area contributed by atoms with Gasteiger partial charge >= 0.3 is 0 Å². The summed E-state index contributed by atoms with van der Waals surface area (Å²) in [6.45, 7) is 4.84. The van der Waals surface area contributed by atoms with E-state index in [1.54, 1.807) is 0 Å². The summed E-state index contributed by atoms with van der Waals surface area (Å²) in [4.78, 5) is 0. The first-order valence-electron chi connectivity index (χ1n) is 6.49. The summed E-state index contributed by atoms with van der Waals surface area (Å²) >= 11 is 5.49. The van der Waals surface area contributed by atoms with Gasteiger partial charge in [-0.25, -0.2) is 0 Å². The average Bonchev–Trinajstić information content (AvgIpc) is 2.38. The summed E-state index contributed by atoms with van der Waals surface area (Å²) in [5.74, 6) is 2.24. The van der Waals surface area contributed by atoms with E-state index in [-0.39, 0.29) is 0 Å². The maximum absolute atomic E-state index is 3.74. The van der Waals surface area contributed by atoms with E-state index >= 15 is 0 Å². The van der Waals surface area contributed by atoms with Gasteiger partial charge in [0.05, 0.1) is 0 Å². The van der Waals surface area contributed by atoms with Gasteiger partial charge in [0.25, 0.3) is 0 Å². The SMILES string of the molecule is C=CCSCCNC1CCc2cc(Br)ccc2C1. The fraction of sp³-hybridized carbons (Fsp3) is 0.467. The monoisotopic (exact) mass is 325 g/mol. The Morgan fingerprint density at radius 1 is 1.44 bits per heavy atom. The molecule has 1 aliphatic rings. The highest BCUT2D eigenvalue weighted by molar-refractivity contribution is 9.10. The lowest BCUT2D eigenvalue weighted by Gasteiger charge is -2.25. The molecule has 1 nitrogen and oxygen atoms in total. The van der Waals surface area contributed by atoms with Gasteiger partial charge in [0, 0.05) is 28.6 Å². The normalized spacial score (nSPS) is 18.4. The van der Waals surface area contributed by atoms with Crippen molar-refractivity contribution in [3.63, 3.8) is 0 Å². The van der Waals surface area contributed by atoms with Gasteiger partial charge in [0.15, 0.2) is 0 Å². The summed E-state index contributed by atoms with van der Waals surface area (Å²) < 4.78 is 1.20. The molecule has 0 aliphatic heterocycles. The average molecular weight is 326 g/mol. The number of rotatable bonds is 6. The van der Waals surface area contributed by atoms with Crippen LogP contribution < -0.4 is 5.32 Å². The largest absolute Gasteiger partial charge is 0.313 e. The van der Waals surface area contributed by atoms with Crippen LogP contribution in [0.4, 0.5) is 0 Å². The molecule has 0 bridgehead atoms. The van der Waals surface area contributed by atoms with Crippen molar-refractivity contribution >= 4 is 27.7 Å². The minimum atomic E-state index is 0.656. The zero-order valence-electron chi connectivity index (χ0n) is 10.6. The summed E-state index contributed by atoms with van der Waals surface area (Å²) in [6.07, 6.45) is 5.61. The van der Waals surface area contributed by atoms with Crippen molar-refractivity contribution < 1.29 is 0 Å². The van der Waals surface area contributed by atoms with Gasteiger partial charge < -0.3 is 5.32 Å². The van der Waals surface area contributed by atoms with E-state index in [9.17, 15) is 0 Å². The molecule has 98 valence electrons. The molecular weight excluding hydrogens is 306 g/mol. The molecular formula is C15H20BrNS. The molecule has 18 heavy (non-hydrogen) atoms. The molecule has 0 saturated heterocycles. The molecule has 1 aromatic carbocycles. The number of fused-ring (bicyclic) bond motifs is 1. The molecule has 2 rings (SSSR count). The van der Waals surface area contributed by atoms with E-state index in [2.05, 4.69) is 46.0 Å². The Morgan fingerprint density at radius 3 is 3.17 bits per heavy atom. The number of benzene rings is 1. The van der Waals surface area contributed by atoms with Crippen LogP contribution >= 0.6 is 27.7 Å². The molecule has 3 heteroatoms. The van der Waals surface area contributed by atoms with E-state index in [4.69, 9.17) is 0 Å². The Balaban J connectivity index is 1.77. The zero-order valence-corrected chi connectivity index (χ0v) is 13.0. The molecule has 0 fully saturated rings. The standard InChI is InChI=1S/C15H20BrNS/c1-2-8-18-9-7-17-15-6-4-12-10-14(16)5-3-13(12)11-15/h2-3,5,10,15,17H,1,4,6-9,11H2. The molecule has 1 N–H and O–H groups in total. The predicted octanol–water partition coefficient (Wildman–Crippen LogP) is 3.82. The van der Waals surface area contributed by atoms with Crippen molar-refractivity contribution in [3.05, 3.63) is 46.5 Å². The Morgan fingerprint density at radius 2 is 2.33 bits per heavy atom. The van der Waals surface area contributed by atoms with Gasteiger partial charge in [-0.2, -0.15) is 11.8 Å². The highest BCUT2D eigenvalue weighted by Crippen LogP contribution is 2.24. The third-order valence-electron chi connectivity index (χ3n) is 3.31. The van der Waals surface area contributed by atoms with Crippen molar-refractivity contribution in [2.45, 2.75) is 25.3 Å². The van der Waals surface area contributed by atoms with E-state index in [0.717, 1.165) is 12.3 Å². The smallest absolute Gasteiger partial charge is 0.0178 e. The van der Waals surface area contributed by atoms with E-state index in [1.165, 1.54) is 40.6 Å². The first-order valence-corrected chi connectivity index (χ1v) is 8.43. The summed E-state index contributed by atoms with van der Waals surface area (Å²) in [5, 5.41) is 3.67. The van der Waals surface area contributed by atoms with Gasteiger partial charge in [-0.05, 0) is 42.5 Å². The van der Waals surface area contributed by atoms with Gasteiger partial charge in [-0.1, -0.05) is 28.1 Å². The number of hydrogen-bond donors (Lipinski definition) is 1. The van der Waals surface area contributed by atoms with Crippen molar-refractivity contribution in [3.8, 4) is 0 Å². The molecule has 0 saturated carbocycles. The Labute approximate surface area is 123 Å². The molecule has 0 heterocycles. The van der Waals surface area contributed by atoms with Crippen molar-refractivity contribution in [1.29, 1.82) is 0 Å². The fourth-order valence-electron chi connectivity index (χ4n) is 2.40. The first-order chi connectivity index (χ1) is 8.79. The van der Waals surface area contributed by atoms with Gasteiger partial charge in [-0.15, -0.1) is 6.58 Å². The summed E-state index contributed by atoms with van der Waals surface area (Å²) in [7, 11) is 0. The molecule has 0 radical (unpaired) electrons. The molecule has 0 spiro atoms. The lowest BCUT2D eigenvalue weighted by molar-refractivity contribution is 0.472. The quantitative estimate of drug-likeness (QED) is 0.630. The minimum Gasteiger partial charge on any atom is -0.313 e. The van der Waals surface area contributed by atoms with Crippen LogP contribution in [0.5, 0.6) is 0 Å². The predicted molar refractivity (Wildman–Crippen MR) is 85.5 cm³/mol. The number of aryl methyl sites for hydroxylation is 1. The second kappa shape index (κ2) is 7.37. The number of nitrogens with one attached hydrogen (secondary N) is 1. The van der Waals surface area contributed by atoms with E-state index < -0.39 is 0 Å². The Bertz CT molecular complexity index is 405. The number of hydrogen-bond acceptors (Lipinski definition) is 2. The minimum absolute atomic E-state index is 0.656. The summed E-state index contributed by atoms with van der Waals surface area (Å²) in [6, 6.07) is 7.34. The highest BCUT2D eigenvalue weighted by Gasteiger charge is 2.17. The van der Waals surface area contributed by atoms with Crippen LogP contribution in [-0.4, -0.2) is 24.1 Å². The second-order valence-electron chi connectivity index (χ2n) is 4.67. The van der Waals surface area contributed by atoms with Crippen LogP contribution in [0.15, 0.2) is 35.3 Å². The molecule has 1 aromatic rings. The van der Waals surface area contributed by atoms with E-state index in [1.807, 2.05) is 17.8 Å². The molecule has 1 atom stereocenters.